The van der Waals surface area contributed by atoms with Gasteiger partial charge >= 0.3 is 0 Å². The Bertz CT molecular complexity index is 457. The molecule has 0 N–H and O–H groups in total. The average molecular weight is 299 g/mol. The molecular formula is C9H9BrF2O2S. The summed E-state index contributed by atoms with van der Waals surface area (Å²) in [7, 11) is -3.43. The van der Waals surface area contributed by atoms with Crippen molar-refractivity contribution in [3.05, 3.63) is 28.2 Å². The van der Waals surface area contributed by atoms with Crippen molar-refractivity contribution in [2.45, 2.75) is 18.2 Å². The Kier molecular flexibility index (Phi) is 3.83. The lowest BCUT2D eigenvalue weighted by molar-refractivity contribution is 0.150. The Morgan fingerprint density at radius 3 is 2.47 bits per heavy atom. The first-order valence-corrected chi connectivity index (χ1v) is 6.63. The van der Waals surface area contributed by atoms with Gasteiger partial charge in [-0.1, -0.05) is 22.9 Å². The molecule has 0 amide bonds. The van der Waals surface area contributed by atoms with Crippen LogP contribution < -0.4 is 0 Å². The SMILES string of the molecule is CCS(=O)(=O)c1ccc(Br)c(C(F)F)c1. The van der Waals surface area contributed by atoms with Crippen molar-refractivity contribution in [2.24, 2.45) is 0 Å². The molecule has 0 aliphatic heterocycles. The summed E-state index contributed by atoms with van der Waals surface area (Å²) >= 11 is 2.94. The quantitative estimate of drug-likeness (QED) is 0.859. The fraction of sp³-hybridized carbons (Fsp3) is 0.333. The number of hydrogen-bond donors (Lipinski definition) is 0. The fourth-order valence-electron chi connectivity index (χ4n) is 1.05. The number of sulfone groups is 1. The zero-order chi connectivity index (χ0) is 11.6. The van der Waals surface area contributed by atoms with Crippen LogP contribution in [0.2, 0.25) is 0 Å². The molecule has 6 heteroatoms. The number of alkyl halides is 2. The highest BCUT2D eigenvalue weighted by Gasteiger charge is 2.17. The molecule has 0 aromatic heterocycles. The molecule has 0 aliphatic rings. The van der Waals surface area contributed by atoms with Crippen molar-refractivity contribution >= 4 is 25.8 Å². The van der Waals surface area contributed by atoms with Gasteiger partial charge in [0.1, 0.15) is 0 Å². The third-order valence-electron chi connectivity index (χ3n) is 1.94. The summed E-state index contributed by atoms with van der Waals surface area (Å²) in [4.78, 5) is -0.0662. The van der Waals surface area contributed by atoms with Crippen molar-refractivity contribution < 1.29 is 17.2 Å². The highest BCUT2D eigenvalue weighted by atomic mass is 79.9. The molecule has 0 spiro atoms. The summed E-state index contributed by atoms with van der Waals surface area (Å²) in [6.07, 6.45) is -2.69. The highest BCUT2D eigenvalue weighted by molar-refractivity contribution is 9.10. The maximum Gasteiger partial charge on any atom is 0.264 e. The van der Waals surface area contributed by atoms with Crippen LogP contribution in [0.25, 0.3) is 0 Å². The van der Waals surface area contributed by atoms with Gasteiger partial charge in [0.15, 0.2) is 9.84 Å². The van der Waals surface area contributed by atoms with E-state index in [0.717, 1.165) is 6.07 Å². The zero-order valence-electron chi connectivity index (χ0n) is 7.88. The van der Waals surface area contributed by atoms with E-state index in [-0.39, 0.29) is 20.7 Å². The van der Waals surface area contributed by atoms with E-state index in [1.807, 2.05) is 0 Å². The number of halogens is 3. The molecule has 0 heterocycles. The van der Waals surface area contributed by atoms with Crippen LogP contribution in [0, 0.1) is 0 Å². The first kappa shape index (κ1) is 12.6. The number of benzene rings is 1. The van der Waals surface area contributed by atoms with Crippen molar-refractivity contribution in [2.75, 3.05) is 5.75 Å². The maximum atomic E-state index is 12.5. The minimum Gasteiger partial charge on any atom is -0.224 e. The molecular weight excluding hydrogens is 290 g/mol. The van der Waals surface area contributed by atoms with Gasteiger partial charge in [0.2, 0.25) is 0 Å². The molecule has 0 bridgehead atoms. The largest absolute Gasteiger partial charge is 0.264 e. The second-order valence-corrected chi connectivity index (χ2v) is 6.02. The van der Waals surface area contributed by atoms with Crippen molar-refractivity contribution in [3.63, 3.8) is 0 Å². The Hall–Kier alpha value is -0.490. The first-order valence-electron chi connectivity index (χ1n) is 4.19. The van der Waals surface area contributed by atoms with Crippen LogP contribution in [0.1, 0.15) is 18.9 Å². The number of rotatable bonds is 3. The minimum atomic E-state index is -3.43. The zero-order valence-corrected chi connectivity index (χ0v) is 10.3. The van der Waals surface area contributed by atoms with Gasteiger partial charge in [-0.3, -0.25) is 0 Å². The molecule has 84 valence electrons. The summed E-state index contributed by atoms with van der Waals surface area (Å²) in [6, 6.07) is 3.65. The van der Waals surface area contributed by atoms with Crippen LogP contribution in [0.3, 0.4) is 0 Å². The monoisotopic (exact) mass is 298 g/mol. The standard InChI is InChI=1S/C9H9BrF2O2S/c1-2-15(13,14)6-3-4-8(10)7(5-6)9(11)12/h3-5,9H,2H2,1H3. The Labute approximate surface area is 95.4 Å². The van der Waals surface area contributed by atoms with Crippen molar-refractivity contribution in [1.82, 2.24) is 0 Å². The molecule has 0 saturated carbocycles. The van der Waals surface area contributed by atoms with Gasteiger partial charge in [0.25, 0.3) is 6.43 Å². The number of hydrogen-bond acceptors (Lipinski definition) is 2. The van der Waals surface area contributed by atoms with Crippen molar-refractivity contribution in [1.29, 1.82) is 0 Å². The second-order valence-electron chi connectivity index (χ2n) is 2.89. The van der Waals surface area contributed by atoms with E-state index in [0.29, 0.717) is 0 Å². The lowest BCUT2D eigenvalue weighted by atomic mass is 10.2. The van der Waals surface area contributed by atoms with E-state index in [1.54, 1.807) is 0 Å². The van der Waals surface area contributed by atoms with Gasteiger partial charge in [-0.15, -0.1) is 0 Å². The van der Waals surface area contributed by atoms with E-state index in [2.05, 4.69) is 15.9 Å². The second kappa shape index (κ2) is 4.57. The Morgan fingerprint density at radius 1 is 1.40 bits per heavy atom. The lowest BCUT2D eigenvalue weighted by Crippen LogP contribution is -2.04. The Balaban J connectivity index is 3.31. The molecule has 2 nitrogen and oxygen atoms in total. The smallest absolute Gasteiger partial charge is 0.224 e. The molecule has 0 unspecified atom stereocenters. The van der Waals surface area contributed by atoms with Gasteiger partial charge < -0.3 is 0 Å². The predicted octanol–water partition coefficient (Wildman–Crippen LogP) is 3.18. The van der Waals surface area contributed by atoms with Crippen molar-refractivity contribution in [3.8, 4) is 0 Å². The van der Waals surface area contributed by atoms with Gasteiger partial charge in [-0.2, -0.15) is 0 Å². The molecule has 0 atom stereocenters. The first-order chi connectivity index (χ1) is 6.88. The molecule has 0 saturated heterocycles. The van der Waals surface area contributed by atoms with Gasteiger partial charge in [0, 0.05) is 10.0 Å². The fourth-order valence-corrected chi connectivity index (χ4v) is 2.38. The molecule has 1 rings (SSSR count). The maximum absolute atomic E-state index is 12.5. The normalized spacial score (nSPS) is 12.1. The van der Waals surface area contributed by atoms with E-state index < -0.39 is 16.3 Å². The van der Waals surface area contributed by atoms with Crippen LogP contribution in [-0.4, -0.2) is 14.2 Å². The third-order valence-corrected chi connectivity index (χ3v) is 4.40. The van der Waals surface area contributed by atoms with E-state index in [9.17, 15) is 17.2 Å². The van der Waals surface area contributed by atoms with E-state index in [1.165, 1.54) is 19.1 Å². The van der Waals surface area contributed by atoms with Crippen LogP contribution >= 0.6 is 15.9 Å². The summed E-state index contributed by atoms with van der Waals surface area (Å²) < 4.78 is 48.0. The highest BCUT2D eigenvalue weighted by Crippen LogP contribution is 2.29. The van der Waals surface area contributed by atoms with Crippen LogP contribution in [0.15, 0.2) is 27.6 Å². The van der Waals surface area contributed by atoms with E-state index in [4.69, 9.17) is 0 Å². The van der Waals surface area contributed by atoms with Gasteiger partial charge in [-0.25, -0.2) is 17.2 Å². The summed E-state index contributed by atoms with van der Waals surface area (Å²) in [5.41, 5.74) is -0.301. The van der Waals surface area contributed by atoms with Crippen LogP contribution in [-0.2, 0) is 9.84 Å². The molecule has 0 radical (unpaired) electrons. The molecule has 15 heavy (non-hydrogen) atoms. The topological polar surface area (TPSA) is 34.1 Å². The molecule has 0 aliphatic carbocycles. The minimum absolute atomic E-state index is 0.0662. The molecule has 0 fully saturated rings. The lowest BCUT2D eigenvalue weighted by Gasteiger charge is -2.06. The van der Waals surface area contributed by atoms with Gasteiger partial charge in [-0.05, 0) is 18.2 Å². The summed E-state index contributed by atoms with van der Waals surface area (Å²) in [5.74, 6) is -0.0999. The third kappa shape index (κ3) is 2.75. The van der Waals surface area contributed by atoms with Gasteiger partial charge in [0.05, 0.1) is 10.6 Å². The summed E-state index contributed by atoms with van der Waals surface area (Å²) in [5, 5.41) is 0. The van der Waals surface area contributed by atoms with E-state index >= 15 is 0 Å². The average Bonchev–Trinajstić information content (AvgIpc) is 2.17. The Morgan fingerprint density at radius 2 is 2.00 bits per heavy atom. The summed E-state index contributed by atoms with van der Waals surface area (Å²) in [6.45, 7) is 1.47. The molecule has 1 aromatic rings. The predicted molar refractivity (Wildman–Crippen MR) is 56.8 cm³/mol. The molecule has 1 aromatic carbocycles. The van der Waals surface area contributed by atoms with Crippen LogP contribution in [0.5, 0.6) is 0 Å². The van der Waals surface area contributed by atoms with Crippen LogP contribution in [0.4, 0.5) is 8.78 Å².